The van der Waals surface area contributed by atoms with Crippen LogP contribution in [0.4, 0.5) is 0 Å². The molecule has 810 valence electrons. The van der Waals surface area contributed by atoms with Crippen LogP contribution in [0.1, 0.15) is 459 Å². The molecule has 0 spiro atoms. The van der Waals surface area contributed by atoms with Crippen LogP contribution in [0.3, 0.4) is 0 Å². The highest BCUT2D eigenvalue weighted by Gasteiger charge is 2.35. The minimum absolute atomic E-state index is 0. The van der Waals surface area contributed by atoms with E-state index in [1.54, 1.807) is 0 Å². The van der Waals surface area contributed by atoms with E-state index >= 15 is 0 Å². The Morgan fingerprint density at radius 3 is 1.01 bits per heavy atom. The summed E-state index contributed by atoms with van der Waals surface area (Å²) in [5.74, 6) is 5.15. The molecule has 7 N–H and O–H groups in total. The van der Waals surface area contributed by atoms with Crippen molar-refractivity contribution < 1.29 is 52.3 Å². The van der Waals surface area contributed by atoms with Gasteiger partial charge in [0, 0.05) is 73.6 Å². The lowest BCUT2D eigenvalue weighted by atomic mass is 9.81. The van der Waals surface area contributed by atoms with Crippen LogP contribution in [-0.2, 0) is 52.3 Å². The second-order valence-electron chi connectivity index (χ2n) is 43.1. The van der Waals surface area contributed by atoms with Crippen molar-refractivity contribution in [1.82, 2.24) is 37.5 Å². The molecule has 11 rings (SSSR count). The monoisotopic (exact) mass is 1920 g/mol. The van der Waals surface area contributed by atoms with Crippen molar-refractivity contribution in [2.45, 2.75) is 519 Å². The molecule has 11 aliphatic rings. The van der Waals surface area contributed by atoms with Crippen LogP contribution >= 0.6 is 23.5 Å². The zero-order valence-corrected chi connectivity index (χ0v) is 101. The van der Waals surface area contributed by atoms with Gasteiger partial charge in [-0.15, -0.1) is 0 Å². The summed E-state index contributed by atoms with van der Waals surface area (Å²) in [6.07, 6.45) is 15.4. The third-order valence-corrected chi connectivity index (χ3v) is 23.9. The van der Waals surface area contributed by atoms with E-state index in [1.807, 2.05) is 152 Å². The molecule has 0 radical (unpaired) electrons. The van der Waals surface area contributed by atoms with Gasteiger partial charge in [-0.05, 0) is 156 Å². The average Bonchev–Trinajstić information content (AvgIpc) is 1.82. The van der Waals surface area contributed by atoms with E-state index in [2.05, 4.69) is 290 Å². The fourth-order valence-corrected chi connectivity index (χ4v) is 15.7. The number of hydrogen-bond donors (Lipinski definition) is 7. The van der Waals surface area contributed by atoms with Gasteiger partial charge in [0.15, 0.2) is 6.29 Å². The SMILES string of the molecule is C.CC.CC.CC.CC.CC.CC.CC.CC.CC.CC.CC.CC(C)(C)C1CCCNO1.CC(C)(C)C1CCCON1.CC(C)(C)C1CCCS1.CC(C)(C)C1CCNCO1.CC(C)(C)C1CCOCN1.CC(C)(C)C1CCSC1.CC(C)(C)C1CNCCO1.CC(C)(C)C1COCCN1.CC(C)(C)C1COCCO1.CC(C)(C)C1NCCCO1.CC(C)(C)C1OCCCO1. The maximum absolute atomic E-state index is 5.58. The summed E-state index contributed by atoms with van der Waals surface area (Å²) < 4.78 is 48.8. The summed E-state index contributed by atoms with van der Waals surface area (Å²) in [5.41, 5.74) is 9.61. The maximum atomic E-state index is 5.58. The van der Waals surface area contributed by atoms with Crippen LogP contribution in [0, 0.1) is 65.5 Å². The summed E-state index contributed by atoms with van der Waals surface area (Å²) in [7, 11) is 0. The summed E-state index contributed by atoms with van der Waals surface area (Å²) >= 11 is 4.26. The van der Waals surface area contributed by atoms with Gasteiger partial charge >= 0.3 is 0 Å². The van der Waals surface area contributed by atoms with Crippen LogP contribution in [0.5, 0.6) is 0 Å². The first kappa shape index (κ1) is 156. The van der Waals surface area contributed by atoms with E-state index in [1.165, 1.54) is 62.2 Å². The minimum Gasteiger partial charge on any atom is -0.378 e. The summed E-state index contributed by atoms with van der Waals surface area (Å²) in [6, 6.07) is 1.68. The Labute approximate surface area is 835 Å². The Bertz CT molecular complexity index is 1710. The molecule has 0 saturated carbocycles. The van der Waals surface area contributed by atoms with Crippen LogP contribution in [0.25, 0.3) is 0 Å². The Morgan fingerprint density at radius 1 is 0.275 bits per heavy atom. The van der Waals surface area contributed by atoms with Gasteiger partial charge in [0.25, 0.3) is 0 Å². The predicted octanol–water partition coefficient (Wildman–Crippen LogP) is 30.5. The van der Waals surface area contributed by atoms with E-state index in [0.717, 1.165) is 162 Å². The van der Waals surface area contributed by atoms with E-state index in [9.17, 15) is 0 Å². The normalized spacial score (nSPS) is 23.7. The van der Waals surface area contributed by atoms with Crippen molar-refractivity contribution in [2.75, 3.05) is 143 Å². The first-order valence-corrected chi connectivity index (χ1v) is 55.9. The molecular formula is C111H253N7O11S2. The largest absolute Gasteiger partial charge is 0.378 e. The van der Waals surface area contributed by atoms with E-state index in [4.69, 9.17) is 52.3 Å². The molecule has 0 aromatic heterocycles. The molecule has 10 atom stereocenters. The average molecular weight is 1930 g/mol. The standard InChI is InChI=1S/7C8H17NO.2C8H16O2.2C8H16S.11C2H6.CH4/c1-8(2,3)7-6-10-5-4-9-7;1-8(2,3)7-6-9-4-5-10-7;1-8(2,3)7-4-5-10-6-9-7;1-8(2,3)7-4-5-9-6-10-7;1-8(2,3)7-9-5-4-6-10-7;1-8(2,3)7-5-4-6-10-9-7;1-8(2,3)7-5-4-6-9-10-7;1-8(2,3)7-6-9-4-5-10-7;1-8(2,3)7-9-5-4-6-10-7;1-8(2,3)7-4-5-9-6-7;1-8(2,3)7-5-4-6-9-7;11*1-2;/h7*7,9H,4-6H2,1-3H3;2*7H,4-6H2,1-3H3;2*7H,4-6H2,1-3H3;11*1-2H3;1H4. The van der Waals surface area contributed by atoms with Crippen molar-refractivity contribution in [3.05, 3.63) is 0 Å². The minimum atomic E-state index is 0. The van der Waals surface area contributed by atoms with Crippen molar-refractivity contribution in [1.29, 1.82) is 0 Å². The summed E-state index contributed by atoms with van der Waals surface area (Å²) in [5, 5.41) is 17.5. The van der Waals surface area contributed by atoms with E-state index in [-0.39, 0.29) is 53.1 Å². The summed E-state index contributed by atoms with van der Waals surface area (Å²) in [6.45, 7) is 135. The highest BCUT2D eigenvalue weighted by Crippen LogP contribution is 2.40. The number of morpholine rings is 2. The fraction of sp³-hybridized carbons (Fsp3) is 1.00. The van der Waals surface area contributed by atoms with Gasteiger partial charge in [0.2, 0.25) is 0 Å². The topological polar surface area (TPSA) is 186 Å². The van der Waals surface area contributed by atoms with Gasteiger partial charge in [0.1, 0.15) is 6.23 Å². The van der Waals surface area contributed by atoms with Crippen molar-refractivity contribution in [3.63, 3.8) is 0 Å². The van der Waals surface area contributed by atoms with Gasteiger partial charge in [-0.25, -0.2) is 5.48 Å². The Morgan fingerprint density at radius 2 is 0.771 bits per heavy atom. The second-order valence-corrected chi connectivity index (χ2v) is 45.6. The number of hydroxylamine groups is 2. The lowest BCUT2D eigenvalue weighted by Crippen LogP contribution is -2.48. The van der Waals surface area contributed by atoms with Crippen LogP contribution in [0.2, 0.25) is 0 Å². The third kappa shape index (κ3) is 92.2. The molecule has 0 aromatic rings. The van der Waals surface area contributed by atoms with Crippen LogP contribution in [0.15, 0.2) is 0 Å². The predicted molar refractivity (Wildman–Crippen MR) is 594 cm³/mol. The Kier molecular flexibility index (Phi) is 112. The maximum Gasteiger partial charge on any atom is 0.162 e. The third-order valence-electron chi connectivity index (χ3n) is 20.9. The molecule has 11 heterocycles. The number of nitrogens with one attached hydrogen (secondary N) is 7. The molecule has 0 bridgehead atoms. The molecule has 18 nitrogen and oxygen atoms in total. The lowest BCUT2D eigenvalue weighted by Gasteiger charge is -2.34. The van der Waals surface area contributed by atoms with Crippen molar-refractivity contribution >= 4 is 23.5 Å². The zero-order chi connectivity index (χ0) is 104. The van der Waals surface area contributed by atoms with Gasteiger partial charge in [0.05, 0.1) is 97.3 Å². The molecule has 0 amide bonds. The van der Waals surface area contributed by atoms with Crippen molar-refractivity contribution in [2.24, 2.45) is 65.5 Å². The number of rotatable bonds is 0. The molecule has 131 heavy (non-hydrogen) atoms. The van der Waals surface area contributed by atoms with Gasteiger partial charge < -0.3 is 58.1 Å². The zero-order valence-electron chi connectivity index (χ0n) is 99.0. The van der Waals surface area contributed by atoms with Crippen LogP contribution < -0.4 is 37.5 Å². The highest BCUT2D eigenvalue weighted by atomic mass is 32.2. The highest BCUT2D eigenvalue weighted by molar-refractivity contribution is 8.00. The molecule has 0 aromatic carbocycles. The van der Waals surface area contributed by atoms with Crippen LogP contribution in [-0.4, -0.2) is 203 Å². The van der Waals surface area contributed by atoms with Crippen molar-refractivity contribution in [3.8, 4) is 0 Å². The molecule has 11 saturated heterocycles. The van der Waals surface area contributed by atoms with Gasteiger partial charge in [-0.2, -0.15) is 29.0 Å². The molecule has 11 fully saturated rings. The molecule has 0 aliphatic carbocycles. The van der Waals surface area contributed by atoms with E-state index in [0.29, 0.717) is 68.9 Å². The number of thioether (sulfide) groups is 2. The molecular weight excluding hydrogens is 1670 g/mol. The van der Waals surface area contributed by atoms with Gasteiger partial charge in [-0.3, -0.25) is 20.8 Å². The smallest absolute Gasteiger partial charge is 0.162 e. The van der Waals surface area contributed by atoms with E-state index < -0.39 is 0 Å². The molecule has 11 aliphatic heterocycles. The lowest BCUT2D eigenvalue weighted by molar-refractivity contribution is -0.224. The number of hydrogen-bond acceptors (Lipinski definition) is 20. The summed E-state index contributed by atoms with van der Waals surface area (Å²) in [4.78, 5) is 10.6. The quantitative estimate of drug-likeness (QED) is 0.121. The first-order chi connectivity index (χ1) is 60.7. The Hall–Kier alpha value is -0.0200. The molecule has 10 unspecified atom stereocenters. The van der Waals surface area contributed by atoms with Gasteiger partial charge in [-0.1, -0.05) is 388 Å². The Balaban J connectivity index is -0.000000116. The second kappa shape index (κ2) is 93.6. The first-order valence-electron chi connectivity index (χ1n) is 53.7. The molecule has 20 heteroatoms. The fourth-order valence-electron chi connectivity index (χ4n) is 12.7. The number of ether oxygens (including phenoxy) is 9.